The molecular weight excluding hydrogens is 350 g/mol. The minimum Gasteiger partial charge on any atom is -0.342 e. The van der Waals surface area contributed by atoms with Gasteiger partial charge in [0.2, 0.25) is 0 Å². The fourth-order valence-corrected chi connectivity index (χ4v) is 3.61. The second-order valence-electron chi connectivity index (χ2n) is 6.94. The highest BCUT2D eigenvalue weighted by atomic mass is 35.5. The van der Waals surface area contributed by atoms with E-state index in [0.29, 0.717) is 45.3 Å². The minimum absolute atomic E-state index is 0.181. The zero-order valence-corrected chi connectivity index (χ0v) is 15.2. The zero-order valence-electron chi connectivity index (χ0n) is 14.5. The molecule has 0 saturated heterocycles. The Labute approximate surface area is 155 Å². The lowest BCUT2D eigenvalue weighted by atomic mass is 10.0. The average molecular weight is 368 g/mol. The molecular formula is C20H18ClN3O2. The van der Waals surface area contributed by atoms with Crippen LogP contribution in [0.25, 0.3) is 16.6 Å². The van der Waals surface area contributed by atoms with Crippen molar-refractivity contribution >= 4 is 28.4 Å². The van der Waals surface area contributed by atoms with Crippen molar-refractivity contribution in [2.24, 2.45) is 5.92 Å². The molecule has 2 aromatic carbocycles. The fraction of sp³-hybridized carbons (Fsp3) is 0.250. The molecule has 1 aromatic heterocycles. The van der Waals surface area contributed by atoms with Gasteiger partial charge in [0, 0.05) is 5.02 Å². The Morgan fingerprint density at radius 3 is 2.73 bits per heavy atom. The lowest BCUT2D eigenvalue weighted by molar-refractivity contribution is 0.0933. The van der Waals surface area contributed by atoms with Gasteiger partial charge in [-0.2, -0.15) is 0 Å². The number of nitrogens with one attached hydrogen (secondary N) is 1. The summed E-state index contributed by atoms with van der Waals surface area (Å²) in [7, 11) is 0. The summed E-state index contributed by atoms with van der Waals surface area (Å²) in [6.07, 6.45) is 0.679. The van der Waals surface area contributed by atoms with E-state index in [0.717, 1.165) is 0 Å². The van der Waals surface area contributed by atoms with Gasteiger partial charge in [0.15, 0.2) is 0 Å². The molecule has 1 unspecified atom stereocenters. The van der Waals surface area contributed by atoms with Crippen LogP contribution in [0.3, 0.4) is 0 Å². The number of aromatic nitrogens is 2. The van der Waals surface area contributed by atoms with Gasteiger partial charge in [0.05, 0.1) is 28.2 Å². The molecule has 26 heavy (non-hydrogen) atoms. The quantitative estimate of drug-likeness (QED) is 0.747. The minimum atomic E-state index is -0.356. The molecule has 6 heteroatoms. The molecule has 4 rings (SSSR count). The molecule has 1 amide bonds. The van der Waals surface area contributed by atoms with Crippen LogP contribution in [0.15, 0.2) is 47.3 Å². The van der Waals surface area contributed by atoms with E-state index >= 15 is 0 Å². The molecule has 0 fully saturated rings. The van der Waals surface area contributed by atoms with Crippen molar-refractivity contribution in [1.82, 2.24) is 14.9 Å². The van der Waals surface area contributed by atoms with E-state index in [1.807, 2.05) is 18.2 Å². The van der Waals surface area contributed by atoms with Gasteiger partial charge >= 0.3 is 0 Å². The lowest BCUT2D eigenvalue weighted by Gasteiger charge is -2.20. The van der Waals surface area contributed by atoms with Crippen LogP contribution in [0.5, 0.6) is 0 Å². The Balaban J connectivity index is 2.10. The number of hydrogen-bond acceptors (Lipinski definition) is 3. The summed E-state index contributed by atoms with van der Waals surface area (Å²) in [6, 6.07) is 11.9. The normalized spacial score (nSPS) is 16.2. The van der Waals surface area contributed by atoms with E-state index in [1.54, 1.807) is 28.8 Å². The molecule has 2 heterocycles. The molecule has 1 N–H and O–H groups in total. The topological polar surface area (TPSA) is 64.0 Å². The van der Waals surface area contributed by atoms with Gasteiger partial charge < -0.3 is 5.32 Å². The molecule has 1 aliphatic heterocycles. The van der Waals surface area contributed by atoms with Crippen LogP contribution in [-0.2, 0) is 0 Å². The predicted molar refractivity (Wildman–Crippen MR) is 102 cm³/mol. The van der Waals surface area contributed by atoms with Gasteiger partial charge in [0.1, 0.15) is 5.82 Å². The van der Waals surface area contributed by atoms with Gasteiger partial charge in [-0.25, -0.2) is 4.98 Å². The van der Waals surface area contributed by atoms with E-state index in [9.17, 15) is 9.59 Å². The molecule has 5 nitrogen and oxygen atoms in total. The number of fused-ring (bicyclic) bond motifs is 4. The van der Waals surface area contributed by atoms with Crippen molar-refractivity contribution in [2.75, 3.05) is 0 Å². The van der Waals surface area contributed by atoms with Crippen molar-refractivity contribution in [1.29, 1.82) is 0 Å². The van der Waals surface area contributed by atoms with Crippen molar-refractivity contribution < 1.29 is 4.79 Å². The number of rotatable bonds is 2. The van der Waals surface area contributed by atoms with Crippen LogP contribution >= 0.6 is 11.6 Å². The third-order valence-electron chi connectivity index (χ3n) is 4.57. The lowest BCUT2D eigenvalue weighted by Crippen LogP contribution is -2.31. The second-order valence-corrected chi connectivity index (χ2v) is 7.38. The van der Waals surface area contributed by atoms with Crippen molar-refractivity contribution in [2.45, 2.75) is 26.3 Å². The van der Waals surface area contributed by atoms with E-state index in [-0.39, 0.29) is 17.5 Å². The number of para-hydroxylation sites is 1. The number of nitrogens with zero attached hydrogens (tertiary/aromatic N) is 2. The summed E-state index contributed by atoms with van der Waals surface area (Å²) in [5, 5.41) is 3.99. The van der Waals surface area contributed by atoms with Gasteiger partial charge in [-0.1, -0.05) is 37.6 Å². The van der Waals surface area contributed by atoms with Crippen molar-refractivity contribution in [3.63, 3.8) is 0 Å². The third kappa shape index (κ3) is 2.69. The highest BCUT2D eigenvalue weighted by Gasteiger charge is 2.30. The molecule has 1 aliphatic rings. The molecule has 0 radical (unpaired) electrons. The van der Waals surface area contributed by atoms with Gasteiger partial charge in [-0.3, -0.25) is 14.2 Å². The van der Waals surface area contributed by atoms with Crippen LogP contribution in [0.1, 0.15) is 42.5 Å². The first kappa shape index (κ1) is 16.8. The summed E-state index contributed by atoms with van der Waals surface area (Å²) in [5.74, 6) is 0.626. The third-order valence-corrected chi connectivity index (χ3v) is 4.80. The van der Waals surface area contributed by atoms with Crippen LogP contribution < -0.4 is 10.9 Å². The second kappa shape index (κ2) is 6.25. The fourth-order valence-electron chi connectivity index (χ4n) is 3.44. The number of carbonyl (C=O) groups excluding carboxylic acids is 1. The first-order valence-corrected chi connectivity index (χ1v) is 8.96. The zero-order chi connectivity index (χ0) is 18.4. The maximum Gasteiger partial charge on any atom is 0.266 e. The molecule has 0 saturated carbocycles. The summed E-state index contributed by atoms with van der Waals surface area (Å²) < 4.78 is 1.55. The molecule has 0 bridgehead atoms. The Morgan fingerprint density at radius 1 is 1.19 bits per heavy atom. The molecule has 0 spiro atoms. The van der Waals surface area contributed by atoms with Crippen LogP contribution in [-0.4, -0.2) is 15.5 Å². The SMILES string of the molecule is CC(C)CC1NC(=O)c2cc(Cl)ccc2-n2c1nc1ccccc1c2=O. The maximum atomic E-state index is 13.3. The van der Waals surface area contributed by atoms with Crippen molar-refractivity contribution in [3.8, 4) is 5.69 Å². The van der Waals surface area contributed by atoms with E-state index in [4.69, 9.17) is 16.6 Å². The Kier molecular flexibility index (Phi) is 4.04. The largest absolute Gasteiger partial charge is 0.342 e. The van der Waals surface area contributed by atoms with Gasteiger partial charge in [-0.05, 0) is 42.7 Å². The van der Waals surface area contributed by atoms with Crippen LogP contribution in [0, 0.1) is 5.92 Å². The number of halogens is 1. The Hall–Kier alpha value is -2.66. The summed E-state index contributed by atoms with van der Waals surface area (Å²) in [5.41, 5.74) is 1.34. The van der Waals surface area contributed by atoms with Gasteiger partial charge in [0.25, 0.3) is 11.5 Å². The van der Waals surface area contributed by atoms with E-state index in [1.165, 1.54) is 0 Å². The maximum absolute atomic E-state index is 13.3. The van der Waals surface area contributed by atoms with E-state index in [2.05, 4.69) is 19.2 Å². The summed E-state index contributed by atoms with van der Waals surface area (Å²) >= 11 is 6.09. The van der Waals surface area contributed by atoms with Crippen molar-refractivity contribution in [3.05, 3.63) is 69.2 Å². The first-order chi connectivity index (χ1) is 12.5. The van der Waals surface area contributed by atoms with Gasteiger partial charge in [-0.15, -0.1) is 0 Å². The number of hydrogen-bond donors (Lipinski definition) is 1. The molecule has 1 atom stereocenters. The standard InChI is InChI=1S/C20H18ClN3O2/c1-11(2)9-16-18-22-15-6-4-3-5-13(15)20(26)24(18)17-8-7-12(21)10-14(17)19(25)23-16/h3-8,10-11,16H,9H2,1-2H3,(H,23,25). The number of benzene rings is 2. The van der Waals surface area contributed by atoms with Crippen LogP contribution in [0.4, 0.5) is 0 Å². The molecule has 3 aromatic rings. The smallest absolute Gasteiger partial charge is 0.266 e. The Morgan fingerprint density at radius 2 is 1.96 bits per heavy atom. The highest BCUT2D eigenvalue weighted by Crippen LogP contribution is 2.29. The molecule has 0 aliphatic carbocycles. The predicted octanol–water partition coefficient (Wildman–Crippen LogP) is 3.87. The summed E-state index contributed by atoms with van der Waals surface area (Å²) in [4.78, 5) is 30.8. The van der Waals surface area contributed by atoms with E-state index < -0.39 is 0 Å². The Bertz CT molecular complexity index is 1090. The van der Waals surface area contributed by atoms with Crippen LogP contribution in [0.2, 0.25) is 5.02 Å². The molecule has 132 valence electrons. The average Bonchev–Trinajstić information content (AvgIpc) is 2.71. The highest BCUT2D eigenvalue weighted by molar-refractivity contribution is 6.31. The number of amides is 1. The summed E-state index contributed by atoms with van der Waals surface area (Å²) in [6.45, 7) is 4.15. The number of carbonyl (C=O) groups is 1. The monoisotopic (exact) mass is 367 g/mol. The first-order valence-electron chi connectivity index (χ1n) is 8.58.